The molecule has 0 spiro atoms. The Morgan fingerprint density at radius 2 is 2.06 bits per heavy atom. The number of primary amides is 1. The van der Waals surface area contributed by atoms with Crippen molar-refractivity contribution in [1.82, 2.24) is 14.8 Å². The molecule has 1 amide bonds. The summed E-state index contributed by atoms with van der Waals surface area (Å²) in [7, 11) is 0. The molecule has 2 heterocycles. The smallest absolute Gasteiger partial charge is 0.257 e. The number of halogens is 3. The van der Waals surface area contributed by atoms with Crippen LogP contribution in [0.3, 0.4) is 0 Å². The Balaban J connectivity index is 1.73. The van der Waals surface area contributed by atoms with Gasteiger partial charge >= 0.3 is 0 Å². The molecule has 8 nitrogen and oxygen atoms in total. The van der Waals surface area contributed by atoms with Crippen LogP contribution in [0.4, 0.5) is 30.5 Å². The Morgan fingerprint density at radius 3 is 2.66 bits per heavy atom. The highest BCUT2D eigenvalue weighted by Crippen LogP contribution is 2.38. The lowest BCUT2D eigenvalue weighted by Gasteiger charge is -2.46. The summed E-state index contributed by atoms with van der Waals surface area (Å²) < 4.78 is 41.6. The predicted octanol–water partition coefficient (Wildman–Crippen LogP) is 3.36. The Kier molecular flexibility index (Phi) is 5.68. The number of amides is 1. The highest BCUT2D eigenvalue weighted by Gasteiger charge is 2.41. The maximum atomic E-state index is 14.8. The number of nitrogens with one attached hydrogen (secondary N) is 2. The first-order chi connectivity index (χ1) is 15.2. The molecule has 170 valence electrons. The van der Waals surface area contributed by atoms with Gasteiger partial charge in [0.15, 0.2) is 11.6 Å². The first kappa shape index (κ1) is 21.9. The van der Waals surface area contributed by atoms with Crippen LogP contribution in [0.1, 0.15) is 36.5 Å². The molecule has 1 atom stereocenters. The standard InChI is InChI=1S/C21H24F3N7O/c1-11(25)21(6-3-7-21)30-20-14(22)8-12(18(26)32)19(29-20)28-15-4-2-5-16-13(15)9-27-31(16)10-17(23)24/h2,4-5,8-9,11,17H,3,6-7,10,25H2,1H3,(H2,26,32)(H2,28,29,30)/t11-/m0/s1. The minimum Gasteiger partial charge on any atom is -0.365 e. The van der Waals surface area contributed by atoms with E-state index in [9.17, 15) is 18.0 Å². The van der Waals surface area contributed by atoms with Crippen LogP contribution in [0.5, 0.6) is 0 Å². The third-order valence-corrected chi connectivity index (χ3v) is 5.98. The number of nitrogens with two attached hydrogens (primary N) is 2. The van der Waals surface area contributed by atoms with E-state index < -0.39 is 30.2 Å². The van der Waals surface area contributed by atoms with Gasteiger partial charge in [-0.3, -0.25) is 9.48 Å². The number of hydrogen-bond donors (Lipinski definition) is 4. The SMILES string of the molecule is C[C@H](N)C1(Nc2nc(Nc3cccc4c3cnn4CC(F)F)c(C(N)=O)cc2F)CCC1. The Hall–Kier alpha value is -3.34. The van der Waals surface area contributed by atoms with Gasteiger partial charge in [0.1, 0.15) is 12.4 Å². The molecule has 0 radical (unpaired) electrons. The van der Waals surface area contributed by atoms with Crippen molar-refractivity contribution in [3.63, 3.8) is 0 Å². The number of pyridine rings is 1. The van der Waals surface area contributed by atoms with Crippen LogP contribution in [0.25, 0.3) is 10.9 Å². The molecule has 2 aromatic heterocycles. The molecule has 32 heavy (non-hydrogen) atoms. The van der Waals surface area contributed by atoms with Crippen LogP contribution in [0.15, 0.2) is 30.5 Å². The van der Waals surface area contributed by atoms with Crippen molar-refractivity contribution in [2.24, 2.45) is 11.5 Å². The fourth-order valence-electron chi connectivity index (χ4n) is 3.96. The molecule has 11 heteroatoms. The molecule has 4 rings (SSSR count). The van der Waals surface area contributed by atoms with Gasteiger partial charge in [-0.25, -0.2) is 18.2 Å². The summed E-state index contributed by atoms with van der Waals surface area (Å²) in [5.74, 6) is -1.60. The average molecular weight is 447 g/mol. The van der Waals surface area contributed by atoms with Crippen molar-refractivity contribution in [2.45, 2.75) is 50.7 Å². The van der Waals surface area contributed by atoms with Gasteiger partial charge in [0, 0.05) is 11.4 Å². The molecule has 3 aromatic rings. The van der Waals surface area contributed by atoms with E-state index in [0.29, 0.717) is 16.6 Å². The number of nitrogens with zero attached hydrogens (tertiary/aromatic N) is 3. The van der Waals surface area contributed by atoms with Crippen molar-refractivity contribution in [2.75, 3.05) is 10.6 Å². The summed E-state index contributed by atoms with van der Waals surface area (Å²) in [4.78, 5) is 16.3. The first-order valence-corrected chi connectivity index (χ1v) is 10.2. The number of rotatable bonds is 8. The Bertz CT molecular complexity index is 1160. The summed E-state index contributed by atoms with van der Waals surface area (Å²) in [6.07, 6.45) is 1.38. The highest BCUT2D eigenvalue weighted by molar-refractivity contribution is 6.00. The maximum Gasteiger partial charge on any atom is 0.257 e. The summed E-state index contributed by atoms with van der Waals surface area (Å²) in [6.45, 7) is 1.29. The van der Waals surface area contributed by atoms with Gasteiger partial charge in [0.25, 0.3) is 12.3 Å². The van der Waals surface area contributed by atoms with Crippen molar-refractivity contribution in [1.29, 1.82) is 0 Å². The quantitative estimate of drug-likeness (QED) is 0.420. The number of aromatic nitrogens is 3. The number of carbonyl (C=O) groups is 1. The molecule has 0 saturated heterocycles. The number of benzene rings is 1. The van der Waals surface area contributed by atoms with E-state index in [1.807, 2.05) is 6.92 Å². The molecule has 0 unspecified atom stereocenters. The van der Waals surface area contributed by atoms with Gasteiger partial charge in [-0.05, 0) is 44.4 Å². The minimum absolute atomic E-state index is 0.0367. The van der Waals surface area contributed by atoms with Gasteiger partial charge in [0.05, 0.1) is 28.5 Å². The lowest BCUT2D eigenvalue weighted by atomic mass is 9.72. The Morgan fingerprint density at radius 1 is 1.31 bits per heavy atom. The van der Waals surface area contributed by atoms with Gasteiger partial charge < -0.3 is 22.1 Å². The maximum absolute atomic E-state index is 14.8. The number of anilines is 3. The van der Waals surface area contributed by atoms with E-state index in [1.54, 1.807) is 18.2 Å². The molecule has 0 bridgehead atoms. The first-order valence-electron chi connectivity index (χ1n) is 10.2. The van der Waals surface area contributed by atoms with Crippen molar-refractivity contribution in [3.05, 3.63) is 41.8 Å². The van der Waals surface area contributed by atoms with E-state index in [0.717, 1.165) is 25.3 Å². The predicted molar refractivity (Wildman–Crippen MR) is 116 cm³/mol. The van der Waals surface area contributed by atoms with Crippen LogP contribution in [0, 0.1) is 5.82 Å². The molecule has 1 aliphatic carbocycles. The second-order valence-electron chi connectivity index (χ2n) is 8.08. The molecular weight excluding hydrogens is 423 g/mol. The molecular formula is C21H24F3N7O. The number of fused-ring (bicyclic) bond motifs is 1. The van der Waals surface area contributed by atoms with E-state index >= 15 is 0 Å². The topological polar surface area (TPSA) is 124 Å². The number of alkyl halides is 2. The zero-order valence-electron chi connectivity index (χ0n) is 17.4. The molecule has 1 aliphatic rings. The van der Waals surface area contributed by atoms with E-state index in [-0.39, 0.29) is 23.2 Å². The van der Waals surface area contributed by atoms with Crippen molar-refractivity contribution in [3.8, 4) is 0 Å². The normalized spacial score (nSPS) is 16.1. The third-order valence-electron chi connectivity index (χ3n) is 5.98. The van der Waals surface area contributed by atoms with Crippen LogP contribution in [0.2, 0.25) is 0 Å². The van der Waals surface area contributed by atoms with E-state index in [4.69, 9.17) is 11.5 Å². The zero-order valence-corrected chi connectivity index (χ0v) is 17.4. The fourth-order valence-corrected chi connectivity index (χ4v) is 3.96. The highest BCUT2D eigenvalue weighted by atomic mass is 19.3. The van der Waals surface area contributed by atoms with E-state index in [1.165, 1.54) is 10.9 Å². The van der Waals surface area contributed by atoms with Crippen LogP contribution in [-0.2, 0) is 6.54 Å². The van der Waals surface area contributed by atoms with Crippen LogP contribution in [-0.4, -0.2) is 38.7 Å². The second kappa shape index (κ2) is 8.30. The number of hydrogen-bond acceptors (Lipinski definition) is 6. The van der Waals surface area contributed by atoms with Crippen LogP contribution < -0.4 is 22.1 Å². The van der Waals surface area contributed by atoms with Crippen LogP contribution >= 0.6 is 0 Å². The van der Waals surface area contributed by atoms with E-state index in [2.05, 4.69) is 20.7 Å². The minimum atomic E-state index is -2.56. The van der Waals surface area contributed by atoms with Gasteiger partial charge in [0.2, 0.25) is 0 Å². The fraction of sp³-hybridized carbons (Fsp3) is 0.381. The summed E-state index contributed by atoms with van der Waals surface area (Å²) in [6, 6.07) is 5.77. The lowest BCUT2D eigenvalue weighted by molar-refractivity contribution is 0.1000. The summed E-state index contributed by atoms with van der Waals surface area (Å²) in [5, 5.41) is 10.7. The molecule has 0 aliphatic heterocycles. The Labute approximate surface area is 182 Å². The van der Waals surface area contributed by atoms with Crippen molar-refractivity contribution < 1.29 is 18.0 Å². The largest absolute Gasteiger partial charge is 0.365 e. The molecule has 6 N–H and O–H groups in total. The van der Waals surface area contributed by atoms with Crippen molar-refractivity contribution >= 4 is 34.1 Å². The third kappa shape index (κ3) is 3.95. The lowest BCUT2D eigenvalue weighted by Crippen LogP contribution is -2.57. The van der Waals surface area contributed by atoms with Gasteiger partial charge in [-0.1, -0.05) is 6.07 Å². The summed E-state index contributed by atoms with van der Waals surface area (Å²) >= 11 is 0. The second-order valence-corrected chi connectivity index (χ2v) is 8.08. The van der Waals surface area contributed by atoms with Gasteiger partial charge in [-0.15, -0.1) is 0 Å². The number of carbonyl (C=O) groups excluding carboxylic acids is 1. The zero-order chi connectivity index (χ0) is 23.0. The average Bonchev–Trinajstić information content (AvgIpc) is 3.09. The molecule has 1 fully saturated rings. The van der Waals surface area contributed by atoms with Gasteiger partial charge in [-0.2, -0.15) is 5.10 Å². The molecule has 1 saturated carbocycles. The molecule has 1 aromatic carbocycles. The monoisotopic (exact) mass is 447 g/mol. The summed E-state index contributed by atoms with van der Waals surface area (Å²) in [5.41, 5.74) is 11.9.